The minimum atomic E-state index is -0.263. The first-order chi connectivity index (χ1) is 10.6. The number of esters is 1. The van der Waals surface area contributed by atoms with Crippen LogP contribution in [0.25, 0.3) is 0 Å². The van der Waals surface area contributed by atoms with Crippen molar-refractivity contribution in [2.24, 2.45) is 0 Å². The summed E-state index contributed by atoms with van der Waals surface area (Å²) < 4.78 is 5.12. The first-order valence-corrected chi connectivity index (χ1v) is 9.16. The summed E-state index contributed by atoms with van der Waals surface area (Å²) in [4.78, 5) is 13.9. The van der Waals surface area contributed by atoms with Gasteiger partial charge in [-0.25, -0.2) is 4.79 Å². The maximum Gasteiger partial charge on any atom is 0.333 e. The van der Waals surface area contributed by atoms with Crippen LogP contribution >= 0.6 is 0 Å². The number of ether oxygens (including phenoxy) is 1. The van der Waals surface area contributed by atoms with E-state index in [0.29, 0.717) is 12.2 Å². The number of unbranched alkanes of at least 4 members (excludes halogenated alkanes) is 6. The summed E-state index contributed by atoms with van der Waals surface area (Å²) in [7, 11) is 0. The molecule has 3 heteroatoms. The number of carbonyl (C=O) groups excluding carboxylic acids is 1. The molecule has 0 aliphatic heterocycles. The molecule has 0 rings (SSSR count). The van der Waals surface area contributed by atoms with Crippen molar-refractivity contribution < 1.29 is 9.53 Å². The lowest BCUT2D eigenvalue weighted by Crippen LogP contribution is -2.27. The predicted octanol–water partition coefficient (Wildman–Crippen LogP) is 4.96. The Morgan fingerprint density at radius 1 is 0.864 bits per heavy atom. The molecule has 3 nitrogen and oxygen atoms in total. The highest BCUT2D eigenvalue weighted by Gasteiger charge is 2.05. The second-order valence-electron chi connectivity index (χ2n) is 6.23. The Morgan fingerprint density at radius 3 is 1.82 bits per heavy atom. The van der Waals surface area contributed by atoms with Crippen LogP contribution in [0.1, 0.15) is 78.6 Å². The molecule has 0 bridgehead atoms. The van der Waals surface area contributed by atoms with E-state index in [0.717, 1.165) is 12.8 Å². The van der Waals surface area contributed by atoms with Crippen molar-refractivity contribution >= 4 is 5.97 Å². The molecule has 0 aromatic carbocycles. The first-order valence-electron chi connectivity index (χ1n) is 9.16. The fraction of sp³-hybridized carbons (Fsp3) is 0.842. The van der Waals surface area contributed by atoms with Crippen LogP contribution in [-0.4, -0.2) is 37.1 Å². The molecule has 22 heavy (non-hydrogen) atoms. The molecule has 0 aromatic heterocycles. The molecule has 0 fully saturated rings. The Labute approximate surface area is 138 Å². The number of nitrogens with zero attached hydrogens (tertiary/aromatic N) is 1. The van der Waals surface area contributed by atoms with Gasteiger partial charge in [-0.05, 0) is 58.7 Å². The van der Waals surface area contributed by atoms with Gasteiger partial charge < -0.3 is 9.64 Å². The lowest BCUT2D eigenvalue weighted by Gasteiger charge is -2.22. The molecule has 0 amide bonds. The average molecular weight is 312 g/mol. The van der Waals surface area contributed by atoms with Gasteiger partial charge >= 0.3 is 5.97 Å². The van der Waals surface area contributed by atoms with Crippen LogP contribution < -0.4 is 0 Å². The van der Waals surface area contributed by atoms with Crippen molar-refractivity contribution in [3.8, 4) is 0 Å². The highest BCUT2D eigenvalue weighted by Crippen LogP contribution is 2.06. The van der Waals surface area contributed by atoms with E-state index in [1.54, 1.807) is 6.92 Å². The molecule has 0 spiro atoms. The summed E-state index contributed by atoms with van der Waals surface area (Å²) in [6.45, 7) is 14.0. The zero-order valence-corrected chi connectivity index (χ0v) is 15.2. The molecule has 0 saturated carbocycles. The minimum absolute atomic E-state index is 0.263. The maximum absolute atomic E-state index is 11.2. The molecular weight excluding hydrogens is 274 g/mol. The van der Waals surface area contributed by atoms with Crippen molar-refractivity contribution in [1.29, 1.82) is 0 Å². The highest BCUT2D eigenvalue weighted by atomic mass is 16.5. The summed E-state index contributed by atoms with van der Waals surface area (Å²) >= 11 is 0. The molecule has 0 heterocycles. The van der Waals surface area contributed by atoms with E-state index in [9.17, 15) is 4.79 Å². The number of hydrogen-bond acceptors (Lipinski definition) is 3. The van der Waals surface area contributed by atoms with Crippen LogP contribution in [0.3, 0.4) is 0 Å². The van der Waals surface area contributed by atoms with Crippen molar-refractivity contribution in [3.05, 3.63) is 12.2 Å². The molecule has 0 unspecified atom stereocenters. The number of carbonyl (C=O) groups is 1. The van der Waals surface area contributed by atoms with Crippen LogP contribution in [0.5, 0.6) is 0 Å². The maximum atomic E-state index is 11.2. The smallest absolute Gasteiger partial charge is 0.333 e. The van der Waals surface area contributed by atoms with E-state index in [1.807, 2.05) is 0 Å². The lowest BCUT2D eigenvalue weighted by atomic mass is 10.2. The largest absolute Gasteiger partial charge is 0.462 e. The minimum Gasteiger partial charge on any atom is -0.462 e. The molecule has 0 aliphatic rings. The second kappa shape index (κ2) is 15.1. The van der Waals surface area contributed by atoms with E-state index < -0.39 is 0 Å². The van der Waals surface area contributed by atoms with Gasteiger partial charge in [0.15, 0.2) is 0 Å². The highest BCUT2D eigenvalue weighted by molar-refractivity contribution is 5.86. The van der Waals surface area contributed by atoms with Gasteiger partial charge in [-0.15, -0.1) is 0 Å². The third-order valence-corrected chi connectivity index (χ3v) is 3.86. The summed E-state index contributed by atoms with van der Waals surface area (Å²) in [5, 5.41) is 0. The van der Waals surface area contributed by atoms with Gasteiger partial charge in [0.2, 0.25) is 0 Å². The van der Waals surface area contributed by atoms with Crippen LogP contribution in [-0.2, 0) is 9.53 Å². The SMILES string of the molecule is C=C(C)C(=O)OCCCCCN(CCCCC)CCCCC. The third-order valence-electron chi connectivity index (χ3n) is 3.86. The quantitative estimate of drug-likeness (QED) is 0.243. The van der Waals surface area contributed by atoms with Gasteiger partial charge in [0.05, 0.1) is 6.61 Å². The Hall–Kier alpha value is -0.830. The van der Waals surface area contributed by atoms with Crippen molar-refractivity contribution in [2.75, 3.05) is 26.2 Å². The molecule has 0 saturated heterocycles. The first kappa shape index (κ1) is 21.2. The van der Waals surface area contributed by atoms with Crippen LogP contribution in [0.2, 0.25) is 0 Å². The predicted molar refractivity (Wildman–Crippen MR) is 95.1 cm³/mol. The Balaban J connectivity index is 3.71. The van der Waals surface area contributed by atoms with E-state index in [2.05, 4.69) is 25.3 Å². The van der Waals surface area contributed by atoms with Crippen molar-refractivity contribution in [1.82, 2.24) is 4.90 Å². The van der Waals surface area contributed by atoms with Crippen LogP contribution in [0.4, 0.5) is 0 Å². The average Bonchev–Trinajstić information content (AvgIpc) is 2.50. The fourth-order valence-electron chi connectivity index (χ4n) is 2.41. The molecule has 0 aromatic rings. The summed E-state index contributed by atoms with van der Waals surface area (Å²) in [6, 6.07) is 0. The summed E-state index contributed by atoms with van der Waals surface area (Å²) in [6.07, 6.45) is 11.2. The van der Waals surface area contributed by atoms with E-state index in [4.69, 9.17) is 4.74 Å². The van der Waals surface area contributed by atoms with E-state index in [-0.39, 0.29) is 5.97 Å². The Bertz CT molecular complexity index is 279. The van der Waals surface area contributed by atoms with Gasteiger partial charge in [0, 0.05) is 5.57 Å². The zero-order valence-electron chi connectivity index (χ0n) is 15.2. The van der Waals surface area contributed by atoms with Crippen LogP contribution in [0.15, 0.2) is 12.2 Å². The van der Waals surface area contributed by atoms with Gasteiger partial charge in [-0.3, -0.25) is 0 Å². The van der Waals surface area contributed by atoms with Gasteiger partial charge in [0.1, 0.15) is 0 Å². The van der Waals surface area contributed by atoms with Gasteiger partial charge in [-0.1, -0.05) is 46.1 Å². The molecule has 130 valence electrons. The standard InChI is InChI=1S/C19H37NO2/c1-5-7-10-14-20(15-11-8-6-2)16-12-9-13-17-22-19(21)18(3)4/h3,5-17H2,1-2,4H3. The van der Waals surface area contributed by atoms with Crippen LogP contribution in [0, 0.1) is 0 Å². The Kier molecular flexibility index (Phi) is 14.5. The zero-order chi connectivity index (χ0) is 16.6. The molecule has 0 radical (unpaired) electrons. The van der Waals surface area contributed by atoms with Crippen molar-refractivity contribution in [2.45, 2.75) is 78.6 Å². The topological polar surface area (TPSA) is 29.5 Å². The third kappa shape index (κ3) is 12.9. The molecule has 0 atom stereocenters. The second-order valence-corrected chi connectivity index (χ2v) is 6.23. The van der Waals surface area contributed by atoms with E-state index in [1.165, 1.54) is 64.6 Å². The monoisotopic (exact) mass is 311 g/mol. The molecule has 0 N–H and O–H groups in total. The molecular formula is C19H37NO2. The fourth-order valence-corrected chi connectivity index (χ4v) is 2.41. The summed E-state index contributed by atoms with van der Waals surface area (Å²) in [5.74, 6) is -0.263. The number of rotatable bonds is 15. The van der Waals surface area contributed by atoms with Gasteiger partial charge in [0.25, 0.3) is 0 Å². The Morgan fingerprint density at radius 2 is 1.36 bits per heavy atom. The van der Waals surface area contributed by atoms with E-state index >= 15 is 0 Å². The number of hydrogen-bond donors (Lipinski definition) is 0. The summed E-state index contributed by atoms with van der Waals surface area (Å²) in [5.41, 5.74) is 0.484. The van der Waals surface area contributed by atoms with Crippen molar-refractivity contribution in [3.63, 3.8) is 0 Å². The lowest BCUT2D eigenvalue weighted by molar-refractivity contribution is -0.139. The molecule has 0 aliphatic carbocycles. The normalized spacial score (nSPS) is 10.9. The van der Waals surface area contributed by atoms with Gasteiger partial charge in [-0.2, -0.15) is 0 Å².